The lowest BCUT2D eigenvalue weighted by Gasteiger charge is -2.29. The van der Waals surface area contributed by atoms with Gasteiger partial charge in [-0.3, -0.25) is 0 Å². The summed E-state index contributed by atoms with van der Waals surface area (Å²) in [5.41, 5.74) is 2.14. The number of hydrogen-bond acceptors (Lipinski definition) is 3. The number of para-hydroxylation sites is 1. The van der Waals surface area contributed by atoms with Gasteiger partial charge in [0, 0.05) is 24.3 Å². The Bertz CT molecular complexity index is 341. The van der Waals surface area contributed by atoms with Gasteiger partial charge in [-0.2, -0.15) is 11.8 Å². The highest BCUT2D eigenvalue weighted by Gasteiger charge is 2.15. The fraction of sp³-hybridized carbons (Fsp3) is 0.571. The molecule has 0 amide bonds. The van der Waals surface area contributed by atoms with Crippen molar-refractivity contribution in [2.45, 2.75) is 32.4 Å². The average molecular weight is 253 g/mol. The first-order valence-electron chi connectivity index (χ1n) is 6.06. The molecule has 1 rings (SSSR count). The fourth-order valence-electron chi connectivity index (χ4n) is 1.88. The van der Waals surface area contributed by atoms with E-state index in [1.54, 1.807) is 0 Å². The first-order chi connectivity index (χ1) is 8.07. The molecule has 17 heavy (non-hydrogen) atoms. The van der Waals surface area contributed by atoms with Crippen LogP contribution in [0.2, 0.25) is 0 Å². The van der Waals surface area contributed by atoms with E-state index < -0.39 is 6.10 Å². The van der Waals surface area contributed by atoms with E-state index in [-0.39, 0.29) is 0 Å². The summed E-state index contributed by atoms with van der Waals surface area (Å²) in [6, 6.07) is 8.57. The van der Waals surface area contributed by atoms with Gasteiger partial charge in [0.1, 0.15) is 0 Å². The smallest absolute Gasteiger partial charge is 0.0781 e. The quantitative estimate of drug-likeness (QED) is 0.841. The van der Waals surface area contributed by atoms with E-state index in [2.05, 4.69) is 31.2 Å². The van der Waals surface area contributed by atoms with Crippen LogP contribution in [0.1, 0.15) is 31.9 Å². The van der Waals surface area contributed by atoms with E-state index in [1.165, 1.54) is 5.75 Å². The Labute approximate surface area is 109 Å². The fourth-order valence-corrected chi connectivity index (χ4v) is 2.46. The van der Waals surface area contributed by atoms with E-state index in [1.807, 2.05) is 36.9 Å². The number of thioether (sulfide) groups is 1. The summed E-state index contributed by atoms with van der Waals surface area (Å²) in [4.78, 5) is 2.26. The Kier molecular flexibility index (Phi) is 5.86. The molecular formula is C14H23NOS. The molecular weight excluding hydrogens is 230 g/mol. The summed E-state index contributed by atoms with van der Waals surface area (Å²) in [5.74, 6) is 1.17. The van der Waals surface area contributed by atoms with Crippen molar-refractivity contribution in [3.63, 3.8) is 0 Å². The van der Waals surface area contributed by atoms with Crippen molar-refractivity contribution in [3.05, 3.63) is 29.8 Å². The first-order valence-corrected chi connectivity index (χ1v) is 7.46. The van der Waals surface area contributed by atoms with Gasteiger partial charge in [-0.15, -0.1) is 0 Å². The highest BCUT2D eigenvalue weighted by Crippen LogP contribution is 2.27. The van der Waals surface area contributed by atoms with Gasteiger partial charge in [0.15, 0.2) is 0 Å². The van der Waals surface area contributed by atoms with Crippen LogP contribution in [-0.2, 0) is 0 Å². The van der Waals surface area contributed by atoms with Crippen LogP contribution in [0, 0.1) is 0 Å². The maximum absolute atomic E-state index is 9.78. The third-order valence-electron chi connectivity index (χ3n) is 3.17. The molecule has 0 aromatic heterocycles. The van der Waals surface area contributed by atoms with Crippen molar-refractivity contribution in [1.82, 2.24) is 0 Å². The zero-order chi connectivity index (χ0) is 12.8. The number of hydrogen-bond donors (Lipinski definition) is 1. The largest absolute Gasteiger partial charge is 0.389 e. The molecule has 2 nitrogen and oxygen atoms in total. The molecule has 0 bridgehead atoms. The summed E-state index contributed by atoms with van der Waals surface area (Å²) in [5, 5.41) is 9.78. The molecule has 0 radical (unpaired) electrons. The minimum atomic E-state index is -0.415. The topological polar surface area (TPSA) is 23.5 Å². The second kappa shape index (κ2) is 6.92. The van der Waals surface area contributed by atoms with Crippen molar-refractivity contribution in [2.24, 2.45) is 0 Å². The van der Waals surface area contributed by atoms with E-state index in [0.717, 1.165) is 17.7 Å². The van der Waals surface area contributed by atoms with Crippen LogP contribution in [0.3, 0.4) is 0 Å². The maximum atomic E-state index is 9.78. The SMILES string of the molecule is CSCCC(C)N(C)c1ccccc1[C@H](C)O. The maximum Gasteiger partial charge on any atom is 0.0781 e. The van der Waals surface area contributed by atoms with Crippen LogP contribution in [0.25, 0.3) is 0 Å². The predicted octanol–water partition coefficient (Wildman–Crippen LogP) is 3.32. The molecule has 0 aliphatic heterocycles. The molecule has 0 aliphatic carbocycles. The third-order valence-corrected chi connectivity index (χ3v) is 3.81. The van der Waals surface area contributed by atoms with E-state index >= 15 is 0 Å². The molecule has 0 aliphatic rings. The van der Waals surface area contributed by atoms with Crippen LogP contribution in [0.4, 0.5) is 5.69 Å². The molecule has 1 aromatic carbocycles. The second-order valence-corrected chi connectivity index (χ2v) is 5.46. The standard InChI is InChI=1S/C14H23NOS/c1-11(9-10-17-4)15(3)14-8-6-5-7-13(14)12(2)16/h5-8,11-12,16H,9-10H2,1-4H3/t11?,12-/m0/s1. The molecule has 96 valence electrons. The van der Waals surface area contributed by atoms with E-state index in [9.17, 15) is 5.11 Å². The molecule has 1 aromatic rings. The number of nitrogens with zero attached hydrogens (tertiary/aromatic N) is 1. The molecule has 0 heterocycles. The van der Waals surface area contributed by atoms with Crippen LogP contribution >= 0.6 is 11.8 Å². The molecule has 0 spiro atoms. The van der Waals surface area contributed by atoms with Crippen molar-refractivity contribution >= 4 is 17.4 Å². The van der Waals surface area contributed by atoms with E-state index in [0.29, 0.717) is 6.04 Å². The highest BCUT2D eigenvalue weighted by molar-refractivity contribution is 7.98. The van der Waals surface area contributed by atoms with Gasteiger partial charge in [-0.05, 0) is 38.3 Å². The number of aliphatic hydroxyl groups excluding tert-OH is 1. The summed E-state index contributed by atoms with van der Waals surface area (Å²) < 4.78 is 0. The molecule has 0 fully saturated rings. The van der Waals surface area contributed by atoms with Gasteiger partial charge in [0.05, 0.1) is 6.10 Å². The Morgan fingerprint density at radius 3 is 2.53 bits per heavy atom. The summed E-state index contributed by atoms with van der Waals surface area (Å²) in [6.07, 6.45) is 2.88. The van der Waals surface area contributed by atoms with Crippen LogP contribution in [0.15, 0.2) is 24.3 Å². The molecule has 1 N–H and O–H groups in total. The monoisotopic (exact) mass is 253 g/mol. The number of benzene rings is 1. The average Bonchev–Trinajstić information content (AvgIpc) is 2.34. The lowest BCUT2D eigenvalue weighted by atomic mass is 10.1. The van der Waals surface area contributed by atoms with Crippen molar-refractivity contribution < 1.29 is 5.11 Å². The highest BCUT2D eigenvalue weighted by atomic mass is 32.2. The normalized spacial score (nSPS) is 14.4. The van der Waals surface area contributed by atoms with Crippen LogP contribution in [-0.4, -0.2) is 30.2 Å². The summed E-state index contributed by atoms with van der Waals surface area (Å²) in [7, 11) is 2.10. The molecule has 0 saturated heterocycles. The molecule has 1 unspecified atom stereocenters. The van der Waals surface area contributed by atoms with Gasteiger partial charge in [0.25, 0.3) is 0 Å². The molecule has 3 heteroatoms. The number of aliphatic hydroxyl groups is 1. The van der Waals surface area contributed by atoms with Crippen molar-refractivity contribution in [3.8, 4) is 0 Å². The van der Waals surface area contributed by atoms with Crippen LogP contribution in [0.5, 0.6) is 0 Å². The number of anilines is 1. The summed E-state index contributed by atoms with van der Waals surface area (Å²) in [6.45, 7) is 4.05. The van der Waals surface area contributed by atoms with Gasteiger partial charge in [-0.25, -0.2) is 0 Å². The Morgan fingerprint density at radius 2 is 1.94 bits per heavy atom. The second-order valence-electron chi connectivity index (χ2n) is 4.48. The van der Waals surface area contributed by atoms with Crippen LogP contribution < -0.4 is 4.90 Å². The Balaban J connectivity index is 2.83. The lowest BCUT2D eigenvalue weighted by molar-refractivity contribution is 0.199. The van der Waals surface area contributed by atoms with Gasteiger partial charge in [0.2, 0.25) is 0 Å². The van der Waals surface area contributed by atoms with Crippen molar-refractivity contribution in [1.29, 1.82) is 0 Å². The van der Waals surface area contributed by atoms with Gasteiger partial charge in [-0.1, -0.05) is 18.2 Å². The molecule has 2 atom stereocenters. The van der Waals surface area contributed by atoms with Crippen molar-refractivity contribution in [2.75, 3.05) is 24.0 Å². The Morgan fingerprint density at radius 1 is 1.29 bits per heavy atom. The predicted molar refractivity (Wildman–Crippen MR) is 77.9 cm³/mol. The first kappa shape index (κ1) is 14.4. The third kappa shape index (κ3) is 3.93. The lowest BCUT2D eigenvalue weighted by Crippen LogP contribution is -2.30. The zero-order valence-corrected chi connectivity index (χ0v) is 12.0. The van der Waals surface area contributed by atoms with Gasteiger partial charge < -0.3 is 10.0 Å². The summed E-state index contributed by atoms with van der Waals surface area (Å²) >= 11 is 1.88. The minimum absolute atomic E-state index is 0.415. The van der Waals surface area contributed by atoms with E-state index in [4.69, 9.17) is 0 Å². The Hall–Kier alpha value is -0.670. The van der Waals surface area contributed by atoms with Gasteiger partial charge >= 0.3 is 0 Å². The molecule has 0 saturated carbocycles. The minimum Gasteiger partial charge on any atom is -0.389 e. The zero-order valence-electron chi connectivity index (χ0n) is 11.2. The number of rotatable bonds is 6.